The summed E-state index contributed by atoms with van der Waals surface area (Å²) in [5.74, 6) is 0.388. The molecule has 0 atom stereocenters. The molecule has 2 N–H and O–H groups in total. The molecule has 2 rings (SSSR count). The summed E-state index contributed by atoms with van der Waals surface area (Å²) in [5, 5.41) is 27.7. The molecule has 2 aromatic rings. The zero-order chi connectivity index (χ0) is 14.8. The summed E-state index contributed by atoms with van der Waals surface area (Å²) in [6, 6.07) is 8.23. The molecule has 0 radical (unpaired) electrons. The monoisotopic (exact) mass is 271 g/mol. The van der Waals surface area contributed by atoms with E-state index in [2.05, 4.69) is 15.2 Å². The van der Waals surface area contributed by atoms with E-state index in [0.717, 1.165) is 0 Å². The number of hydrogen-bond donors (Lipinski definition) is 2. The third-order valence-electron chi connectivity index (χ3n) is 2.81. The van der Waals surface area contributed by atoms with Crippen molar-refractivity contribution in [2.24, 2.45) is 10.2 Å². The molecule has 1 aromatic heterocycles. The third kappa shape index (κ3) is 3.12. The topological polar surface area (TPSA) is 78.1 Å². The molecule has 20 heavy (non-hydrogen) atoms. The molecule has 0 saturated heterocycles. The molecule has 0 amide bonds. The number of aromatic hydroxyl groups is 2. The van der Waals surface area contributed by atoms with Gasteiger partial charge in [-0.3, -0.25) is 0 Å². The molecule has 0 unspecified atom stereocenters. The van der Waals surface area contributed by atoms with Crippen LogP contribution in [0.15, 0.2) is 46.8 Å². The highest BCUT2D eigenvalue weighted by molar-refractivity contribution is 5.58. The van der Waals surface area contributed by atoms with Crippen LogP contribution in [-0.4, -0.2) is 15.2 Å². The Morgan fingerprint density at radius 1 is 1.00 bits per heavy atom. The minimum absolute atomic E-state index is 0.0480. The number of aromatic nitrogens is 1. The second-order valence-electron chi connectivity index (χ2n) is 5.50. The molecular formula is C15H17N3O2. The van der Waals surface area contributed by atoms with Gasteiger partial charge >= 0.3 is 0 Å². The van der Waals surface area contributed by atoms with Crippen molar-refractivity contribution in [1.29, 1.82) is 0 Å². The molecule has 1 aromatic carbocycles. The fourth-order valence-corrected chi connectivity index (χ4v) is 1.76. The van der Waals surface area contributed by atoms with Gasteiger partial charge in [0.2, 0.25) is 0 Å². The van der Waals surface area contributed by atoms with Crippen LogP contribution in [-0.2, 0) is 5.41 Å². The van der Waals surface area contributed by atoms with Crippen molar-refractivity contribution in [3.05, 3.63) is 42.1 Å². The number of hydrogen-bond acceptors (Lipinski definition) is 5. The van der Waals surface area contributed by atoms with Gasteiger partial charge in [-0.2, -0.15) is 0 Å². The first-order valence-electron chi connectivity index (χ1n) is 6.27. The Bertz CT molecular complexity index is 632. The molecule has 0 aliphatic carbocycles. The summed E-state index contributed by atoms with van der Waals surface area (Å²) >= 11 is 0. The number of pyridine rings is 1. The minimum Gasteiger partial charge on any atom is -0.508 e. The lowest BCUT2D eigenvalue weighted by Gasteiger charge is -2.20. The van der Waals surface area contributed by atoms with Crippen LogP contribution in [0, 0.1) is 0 Å². The van der Waals surface area contributed by atoms with Gasteiger partial charge in [-0.25, -0.2) is 4.98 Å². The van der Waals surface area contributed by atoms with Crippen LogP contribution in [0.1, 0.15) is 26.3 Å². The van der Waals surface area contributed by atoms with Crippen molar-refractivity contribution in [2.45, 2.75) is 26.2 Å². The number of rotatable bonds is 2. The van der Waals surface area contributed by atoms with E-state index in [0.29, 0.717) is 17.1 Å². The molecule has 104 valence electrons. The molecule has 0 spiro atoms. The molecule has 5 nitrogen and oxygen atoms in total. The van der Waals surface area contributed by atoms with Crippen LogP contribution >= 0.6 is 0 Å². The highest BCUT2D eigenvalue weighted by Crippen LogP contribution is 2.39. The molecule has 0 fully saturated rings. The standard InChI is InChI=1S/C15H17N3O2/c1-15(2,3)10-8-11(13(20)9-12(10)19)17-18-14-6-4-5-7-16-14/h4-9,19-20H,1-3H3. The van der Waals surface area contributed by atoms with Gasteiger partial charge in [0.15, 0.2) is 5.82 Å². The maximum absolute atomic E-state index is 9.89. The van der Waals surface area contributed by atoms with Crippen molar-refractivity contribution < 1.29 is 10.2 Å². The zero-order valence-corrected chi connectivity index (χ0v) is 11.7. The second kappa shape index (κ2) is 5.28. The van der Waals surface area contributed by atoms with Crippen molar-refractivity contribution in [2.75, 3.05) is 0 Å². The Morgan fingerprint density at radius 2 is 1.75 bits per heavy atom. The maximum Gasteiger partial charge on any atom is 0.174 e. The summed E-state index contributed by atoms with van der Waals surface area (Å²) in [6.45, 7) is 5.91. The fourth-order valence-electron chi connectivity index (χ4n) is 1.76. The summed E-state index contributed by atoms with van der Waals surface area (Å²) in [6.07, 6.45) is 1.62. The average molecular weight is 271 g/mol. The first-order chi connectivity index (χ1) is 9.38. The van der Waals surface area contributed by atoms with Crippen molar-refractivity contribution in [3.8, 4) is 11.5 Å². The summed E-state index contributed by atoms with van der Waals surface area (Å²) in [4.78, 5) is 4.02. The van der Waals surface area contributed by atoms with E-state index in [1.54, 1.807) is 30.5 Å². The summed E-state index contributed by atoms with van der Waals surface area (Å²) in [7, 11) is 0. The molecule has 0 aliphatic rings. The third-order valence-corrected chi connectivity index (χ3v) is 2.81. The van der Waals surface area contributed by atoms with Crippen molar-refractivity contribution in [1.82, 2.24) is 4.98 Å². The van der Waals surface area contributed by atoms with E-state index in [1.807, 2.05) is 20.8 Å². The average Bonchev–Trinajstić information content (AvgIpc) is 2.37. The number of phenols is 2. The van der Waals surface area contributed by atoms with Crippen LogP contribution in [0.5, 0.6) is 11.5 Å². The van der Waals surface area contributed by atoms with E-state index >= 15 is 0 Å². The van der Waals surface area contributed by atoms with Crippen LogP contribution in [0.2, 0.25) is 0 Å². The largest absolute Gasteiger partial charge is 0.508 e. The van der Waals surface area contributed by atoms with Crippen molar-refractivity contribution in [3.63, 3.8) is 0 Å². The molecular weight excluding hydrogens is 254 g/mol. The highest BCUT2D eigenvalue weighted by Gasteiger charge is 2.20. The number of azo groups is 1. The van der Waals surface area contributed by atoms with Gasteiger partial charge < -0.3 is 10.2 Å². The molecule has 0 bridgehead atoms. The van der Waals surface area contributed by atoms with Gasteiger partial charge in [0, 0.05) is 17.8 Å². The molecule has 0 saturated carbocycles. The van der Waals surface area contributed by atoms with Gasteiger partial charge in [-0.05, 0) is 23.6 Å². The second-order valence-corrected chi connectivity index (χ2v) is 5.50. The normalized spacial score (nSPS) is 11.9. The number of nitrogens with zero attached hydrogens (tertiary/aromatic N) is 3. The van der Waals surface area contributed by atoms with Crippen LogP contribution in [0.25, 0.3) is 0 Å². The Morgan fingerprint density at radius 3 is 2.35 bits per heavy atom. The predicted molar refractivity (Wildman–Crippen MR) is 76.9 cm³/mol. The van der Waals surface area contributed by atoms with E-state index < -0.39 is 0 Å². The van der Waals surface area contributed by atoms with E-state index in [1.165, 1.54) is 6.07 Å². The van der Waals surface area contributed by atoms with Crippen LogP contribution in [0.4, 0.5) is 11.5 Å². The fraction of sp³-hybridized carbons (Fsp3) is 0.267. The maximum atomic E-state index is 9.89. The molecule has 1 heterocycles. The van der Waals surface area contributed by atoms with Gasteiger partial charge in [0.1, 0.15) is 17.2 Å². The van der Waals surface area contributed by atoms with E-state index in [4.69, 9.17) is 0 Å². The van der Waals surface area contributed by atoms with Crippen molar-refractivity contribution >= 4 is 11.5 Å². The Labute approximate surface area is 117 Å². The lowest BCUT2D eigenvalue weighted by atomic mass is 9.86. The Kier molecular flexibility index (Phi) is 3.70. The summed E-state index contributed by atoms with van der Waals surface area (Å²) in [5.41, 5.74) is 0.746. The quantitative estimate of drug-likeness (QED) is 0.803. The molecule has 5 heteroatoms. The number of phenolic OH excluding ortho intramolecular Hbond substituents is 2. The summed E-state index contributed by atoms with van der Waals surface area (Å²) < 4.78 is 0. The van der Waals surface area contributed by atoms with E-state index in [9.17, 15) is 10.2 Å². The van der Waals surface area contributed by atoms with Gasteiger partial charge in [-0.15, -0.1) is 10.2 Å². The lowest BCUT2D eigenvalue weighted by molar-refractivity contribution is 0.432. The molecule has 0 aliphatic heterocycles. The highest BCUT2D eigenvalue weighted by atomic mass is 16.3. The number of benzene rings is 1. The van der Waals surface area contributed by atoms with Crippen LogP contribution < -0.4 is 0 Å². The SMILES string of the molecule is CC(C)(C)c1cc(N=Nc2ccccn2)c(O)cc1O. The Hall–Kier alpha value is -2.43. The first kappa shape index (κ1) is 14.0. The Balaban J connectivity index is 2.40. The van der Waals surface area contributed by atoms with Gasteiger partial charge in [0.25, 0.3) is 0 Å². The first-order valence-corrected chi connectivity index (χ1v) is 6.27. The van der Waals surface area contributed by atoms with Crippen LogP contribution in [0.3, 0.4) is 0 Å². The zero-order valence-electron chi connectivity index (χ0n) is 11.7. The van der Waals surface area contributed by atoms with E-state index in [-0.39, 0.29) is 16.9 Å². The van der Waals surface area contributed by atoms with Gasteiger partial charge in [-0.1, -0.05) is 26.8 Å². The smallest absolute Gasteiger partial charge is 0.174 e. The minimum atomic E-state index is -0.257. The lowest BCUT2D eigenvalue weighted by Crippen LogP contribution is -2.10. The predicted octanol–water partition coefficient (Wildman–Crippen LogP) is 4.21. The van der Waals surface area contributed by atoms with Gasteiger partial charge in [0.05, 0.1) is 0 Å².